The summed E-state index contributed by atoms with van der Waals surface area (Å²) in [5.74, 6) is 0. The molecule has 0 bridgehead atoms. The van der Waals surface area contributed by atoms with E-state index in [0.29, 0.717) is 6.61 Å². The zero-order chi connectivity index (χ0) is 14.3. The standard InChI is InChI=1S/C12H24N2O4Si/c1-3-5-6-7-8-9-17-11(15)13-14-12(16)18-19-10-4-2/h3-10,19H2,1-2H3/b14-13+. The normalized spacial score (nSPS) is 11.3. The van der Waals surface area contributed by atoms with Crippen LogP contribution in [0.1, 0.15) is 52.4 Å². The maximum Gasteiger partial charge on any atom is 0.452 e. The SMILES string of the molecule is CCCCCCCOC(=O)/N=N/C(=O)O[SiH2]CCC. The Balaban J connectivity index is 3.53. The zero-order valence-corrected chi connectivity index (χ0v) is 13.3. The summed E-state index contributed by atoms with van der Waals surface area (Å²) in [6.45, 7) is 4.48. The number of carbonyl (C=O) groups is 2. The molecule has 0 N–H and O–H groups in total. The third-order valence-electron chi connectivity index (χ3n) is 2.41. The molecule has 0 aromatic heterocycles. The van der Waals surface area contributed by atoms with Gasteiger partial charge in [-0.15, -0.1) is 0 Å². The van der Waals surface area contributed by atoms with Crippen LogP contribution in [0.5, 0.6) is 0 Å². The summed E-state index contributed by atoms with van der Waals surface area (Å²) in [7, 11) is -0.864. The lowest BCUT2D eigenvalue weighted by molar-refractivity contribution is 0.152. The largest absolute Gasteiger partial charge is 0.507 e. The van der Waals surface area contributed by atoms with Crippen molar-refractivity contribution in [1.82, 2.24) is 0 Å². The summed E-state index contributed by atoms with van der Waals surface area (Å²) in [6.07, 6.45) is 4.72. The van der Waals surface area contributed by atoms with Crippen molar-refractivity contribution in [1.29, 1.82) is 0 Å². The lowest BCUT2D eigenvalue weighted by Crippen LogP contribution is -2.05. The monoisotopic (exact) mass is 288 g/mol. The molecule has 2 amide bonds. The number of nitrogens with zero attached hydrogens (tertiary/aromatic N) is 2. The molecule has 0 spiro atoms. The minimum atomic E-state index is -0.864. The van der Waals surface area contributed by atoms with Gasteiger partial charge in [0, 0.05) is 0 Å². The van der Waals surface area contributed by atoms with Crippen LogP contribution in [0.15, 0.2) is 10.2 Å². The van der Waals surface area contributed by atoms with E-state index in [9.17, 15) is 9.59 Å². The first-order valence-corrected chi connectivity index (χ1v) is 8.53. The van der Waals surface area contributed by atoms with E-state index in [1.807, 2.05) is 6.92 Å². The second-order valence-corrected chi connectivity index (χ2v) is 5.60. The summed E-state index contributed by atoms with van der Waals surface area (Å²) in [5, 5.41) is 6.30. The number of rotatable bonds is 9. The maximum atomic E-state index is 11.1. The minimum Gasteiger partial charge on any atom is -0.507 e. The van der Waals surface area contributed by atoms with Gasteiger partial charge in [0.05, 0.1) is 6.61 Å². The lowest BCUT2D eigenvalue weighted by atomic mass is 10.2. The smallest absolute Gasteiger partial charge is 0.452 e. The minimum absolute atomic E-state index is 0.321. The highest BCUT2D eigenvalue weighted by atomic mass is 28.2. The quantitative estimate of drug-likeness (QED) is 0.369. The summed E-state index contributed by atoms with van der Waals surface area (Å²) >= 11 is 0. The van der Waals surface area contributed by atoms with Crippen LogP contribution in [0.3, 0.4) is 0 Å². The number of hydrogen-bond acceptors (Lipinski definition) is 4. The van der Waals surface area contributed by atoms with Crippen LogP contribution >= 0.6 is 0 Å². The van der Waals surface area contributed by atoms with Gasteiger partial charge in [0.1, 0.15) is 0 Å². The first kappa shape index (κ1) is 17.8. The van der Waals surface area contributed by atoms with Crippen molar-refractivity contribution in [2.24, 2.45) is 10.2 Å². The molecule has 0 aliphatic carbocycles. The predicted molar refractivity (Wildman–Crippen MR) is 75.1 cm³/mol. The highest BCUT2D eigenvalue weighted by Crippen LogP contribution is 2.02. The van der Waals surface area contributed by atoms with E-state index < -0.39 is 21.9 Å². The second kappa shape index (κ2) is 13.2. The van der Waals surface area contributed by atoms with E-state index in [0.717, 1.165) is 31.7 Å². The summed E-state index contributed by atoms with van der Waals surface area (Å²) < 4.78 is 9.64. The Hall–Kier alpha value is -1.24. The summed E-state index contributed by atoms with van der Waals surface area (Å²) in [4.78, 5) is 22.1. The van der Waals surface area contributed by atoms with Gasteiger partial charge in [0.15, 0.2) is 0 Å². The van der Waals surface area contributed by atoms with Crippen molar-refractivity contribution in [2.45, 2.75) is 58.4 Å². The van der Waals surface area contributed by atoms with E-state index in [-0.39, 0.29) is 0 Å². The lowest BCUT2D eigenvalue weighted by Gasteiger charge is -2.00. The molecule has 0 radical (unpaired) electrons. The Bertz CT molecular complexity index is 285. The van der Waals surface area contributed by atoms with E-state index >= 15 is 0 Å². The molecule has 0 saturated carbocycles. The topological polar surface area (TPSA) is 77.3 Å². The molecule has 6 nitrogen and oxygen atoms in total. The third kappa shape index (κ3) is 13.0. The Morgan fingerprint density at radius 1 is 0.947 bits per heavy atom. The highest BCUT2D eigenvalue weighted by molar-refractivity contribution is 6.30. The van der Waals surface area contributed by atoms with Gasteiger partial charge in [-0.05, 0) is 12.5 Å². The average molecular weight is 288 g/mol. The van der Waals surface area contributed by atoms with Crippen molar-refractivity contribution >= 4 is 21.9 Å². The van der Waals surface area contributed by atoms with Crippen molar-refractivity contribution in [2.75, 3.05) is 6.61 Å². The van der Waals surface area contributed by atoms with Crippen LogP contribution < -0.4 is 0 Å². The number of carbonyl (C=O) groups excluding carboxylic acids is 2. The van der Waals surface area contributed by atoms with Crippen LogP contribution in [0.4, 0.5) is 9.59 Å². The molecule has 0 saturated heterocycles. The van der Waals surface area contributed by atoms with E-state index in [1.165, 1.54) is 12.8 Å². The molecule has 0 heterocycles. The van der Waals surface area contributed by atoms with E-state index in [2.05, 4.69) is 17.2 Å². The number of amides is 2. The molecular formula is C12H24N2O4Si. The molecular weight excluding hydrogens is 264 g/mol. The van der Waals surface area contributed by atoms with E-state index in [4.69, 9.17) is 9.16 Å². The van der Waals surface area contributed by atoms with Crippen molar-refractivity contribution < 1.29 is 18.8 Å². The number of hydrogen-bond donors (Lipinski definition) is 0. The average Bonchev–Trinajstić information content (AvgIpc) is 2.40. The molecule has 0 fully saturated rings. The fourth-order valence-corrected chi connectivity index (χ4v) is 1.97. The fourth-order valence-electron chi connectivity index (χ4n) is 1.31. The van der Waals surface area contributed by atoms with Gasteiger partial charge in [0.2, 0.25) is 9.76 Å². The maximum absolute atomic E-state index is 11.1. The Morgan fingerprint density at radius 2 is 1.63 bits per heavy atom. The third-order valence-corrected chi connectivity index (χ3v) is 3.86. The number of unbranched alkanes of at least 4 members (excludes halogenated alkanes) is 4. The van der Waals surface area contributed by atoms with Crippen molar-refractivity contribution in [3.05, 3.63) is 0 Å². The zero-order valence-electron chi connectivity index (χ0n) is 11.9. The van der Waals surface area contributed by atoms with Gasteiger partial charge >= 0.3 is 12.2 Å². The van der Waals surface area contributed by atoms with Gasteiger partial charge < -0.3 is 9.16 Å². The highest BCUT2D eigenvalue weighted by Gasteiger charge is 2.03. The molecule has 0 rings (SSSR count). The fraction of sp³-hybridized carbons (Fsp3) is 0.833. The first-order valence-electron chi connectivity index (χ1n) is 6.96. The molecule has 0 unspecified atom stereocenters. The van der Waals surface area contributed by atoms with E-state index in [1.54, 1.807) is 0 Å². The molecule has 19 heavy (non-hydrogen) atoms. The van der Waals surface area contributed by atoms with Gasteiger partial charge in [-0.25, -0.2) is 9.59 Å². The van der Waals surface area contributed by atoms with Crippen LogP contribution in [-0.2, 0) is 9.16 Å². The van der Waals surface area contributed by atoms with Gasteiger partial charge in [-0.2, -0.15) is 0 Å². The van der Waals surface area contributed by atoms with Gasteiger partial charge in [-0.3, -0.25) is 0 Å². The molecule has 0 aliphatic rings. The Labute approximate surface area is 116 Å². The van der Waals surface area contributed by atoms with Crippen molar-refractivity contribution in [3.8, 4) is 0 Å². The molecule has 0 atom stereocenters. The first-order chi connectivity index (χ1) is 9.20. The summed E-state index contributed by atoms with van der Waals surface area (Å²) in [5.41, 5.74) is 0. The molecule has 110 valence electrons. The number of azo groups is 1. The molecule has 7 heteroatoms. The molecule has 0 aromatic carbocycles. The molecule has 0 aliphatic heterocycles. The summed E-state index contributed by atoms with van der Waals surface area (Å²) in [6, 6.07) is 0.906. The van der Waals surface area contributed by atoms with Crippen LogP contribution in [0.2, 0.25) is 6.04 Å². The second-order valence-electron chi connectivity index (χ2n) is 4.20. The van der Waals surface area contributed by atoms with Gasteiger partial charge in [-0.1, -0.05) is 56.2 Å². The van der Waals surface area contributed by atoms with Crippen LogP contribution in [0.25, 0.3) is 0 Å². The number of ether oxygens (including phenoxy) is 1. The van der Waals surface area contributed by atoms with Gasteiger partial charge in [0.25, 0.3) is 0 Å². The molecule has 0 aromatic rings. The van der Waals surface area contributed by atoms with Crippen LogP contribution in [0, 0.1) is 0 Å². The Morgan fingerprint density at radius 3 is 2.32 bits per heavy atom. The van der Waals surface area contributed by atoms with Crippen molar-refractivity contribution in [3.63, 3.8) is 0 Å². The van der Waals surface area contributed by atoms with Crippen LogP contribution in [-0.4, -0.2) is 28.6 Å². The predicted octanol–water partition coefficient (Wildman–Crippen LogP) is 3.59. The Kier molecular flexibility index (Phi) is 12.3.